The maximum Gasteiger partial charge on any atom is 0.326 e. The maximum absolute atomic E-state index is 13.4. The second kappa shape index (κ2) is 9.74. The van der Waals surface area contributed by atoms with E-state index in [0.29, 0.717) is 24.2 Å². The van der Waals surface area contributed by atoms with Crippen molar-refractivity contribution in [2.24, 2.45) is 0 Å². The van der Waals surface area contributed by atoms with Gasteiger partial charge in [0.05, 0.1) is 21.5 Å². The van der Waals surface area contributed by atoms with Gasteiger partial charge in [-0.05, 0) is 55.7 Å². The Balaban J connectivity index is 1.31. The van der Waals surface area contributed by atoms with Crippen molar-refractivity contribution in [3.63, 3.8) is 0 Å². The van der Waals surface area contributed by atoms with Crippen molar-refractivity contribution in [3.05, 3.63) is 80.9 Å². The summed E-state index contributed by atoms with van der Waals surface area (Å²) in [5.41, 5.74) is 1.30. The maximum atomic E-state index is 13.4. The first-order valence-electron chi connectivity index (χ1n) is 10.8. The molecular formula is C23H24FN5O4S. The molecule has 0 fully saturated rings. The van der Waals surface area contributed by atoms with Crippen LogP contribution in [0, 0.1) is 5.82 Å². The number of sulfonamides is 1. The topological polar surface area (TPSA) is 132 Å². The summed E-state index contributed by atoms with van der Waals surface area (Å²) in [5, 5.41) is 7.30. The first-order valence-corrected chi connectivity index (χ1v) is 12.2. The summed E-state index contributed by atoms with van der Waals surface area (Å²) >= 11 is 0. The number of aromatic amines is 3. The third kappa shape index (κ3) is 5.15. The Labute approximate surface area is 194 Å². The van der Waals surface area contributed by atoms with Crippen molar-refractivity contribution >= 4 is 20.9 Å². The lowest BCUT2D eigenvalue weighted by atomic mass is 10.1. The zero-order valence-corrected chi connectivity index (χ0v) is 19.3. The number of H-pyrrole nitrogens is 3. The largest absolute Gasteiger partial charge is 0.326 e. The number of rotatable bonds is 9. The Kier molecular flexibility index (Phi) is 6.75. The molecule has 0 aliphatic rings. The van der Waals surface area contributed by atoms with Crippen LogP contribution in [0.25, 0.3) is 22.2 Å². The molecule has 2 aromatic heterocycles. The highest BCUT2D eigenvalue weighted by Crippen LogP contribution is 2.20. The Morgan fingerprint density at radius 2 is 1.82 bits per heavy atom. The zero-order valence-electron chi connectivity index (χ0n) is 18.5. The van der Waals surface area contributed by atoms with E-state index in [0.717, 1.165) is 25.0 Å². The van der Waals surface area contributed by atoms with Gasteiger partial charge in [0, 0.05) is 24.8 Å². The van der Waals surface area contributed by atoms with Gasteiger partial charge >= 0.3 is 5.69 Å². The van der Waals surface area contributed by atoms with E-state index in [1.54, 1.807) is 12.1 Å². The number of hydrogen-bond donors (Lipinski definition) is 3. The monoisotopic (exact) mass is 485 g/mol. The first-order chi connectivity index (χ1) is 16.2. The molecule has 0 bridgehead atoms. The van der Waals surface area contributed by atoms with Gasteiger partial charge in [0.15, 0.2) is 0 Å². The van der Waals surface area contributed by atoms with Gasteiger partial charge in [-0.2, -0.15) is 5.10 Å². The molecule has 4 aromatic rings. The molecule has 9 nitrogen and oxygen atoms in total. The molecule has 0 saturated carbocycles. The molecule has 0 atom stereocenters. The summed E-state index contributed by atoms with van der Waals surface area (Å²) in [7, 11) is -2.29. The summed E-state index contributed by atoms with van der Waals surface area (Å²) in [6, 6.07) is 12.2. The SMILES string of the molecule is CN(CCCCCc1cc(-c2cccc(F)c2)n[nH]1)S(=O)(=O)c1ccc2[nH]c(=O)[nH]c(=O)c2c1. The van der Waals surface area contributed by atoms with E-state index in [-0.39, 0.29) is 21.6 Å². The van der Waals surface area contributed by atoms with Crippen LogP contribution in [-0.4, -0.2) is 46.5 Å². The van der Waals surface area contributed by atoms with Crippen molar-refractivity contribution < 1.29 is 12.8 Å². The Morgan fingerprint density at radius 3 is 2.62 bits per heavy atom. The molecule has 0 aliphatic carbocycles. The molecule has 4 rings (SSSR count). The molecule has 0 unspecified atom stereocenters. The molecular weight excluding hydrogens is 461 g/mol. The first kappa shape index (κ1) is 23.6. The third-order valence-corrected chi connectivity index (χ3v) is 7.44. The van der Waals surface area contributed by atoms with E-state index in [1.165, 1.54) is 41.7 Å². The number of aryl methyl sites for hydroxylation is 1. The predicted octanol–water partition coefficient (Wildman–Crippen LogP) is 2.78. The molecule has 0 spiro atoms. The molecule has 178 valence electrons. The highest BCUT2D eigenvalue weighted by molar-refractivity contribution is 7.89. The molecule has 11 heteroatoms. The standard InChI is InChI=1S/C23H24FN5O4S/c1-29(34(32,33)18-9-10-20-19(14-18)22(30)26-23(31)25-20)11-4-2-3-8-17-13-21(28-27-17)15-6-5-7-16(24)12-15/h5-7,9-10,12-14H,2-4,8,11H2,1H3,(H,27,28)(H2,25,26,30,31). The summed E-state index contributed by atoms with van der Waals surface area (Å²) in [5.74, 6) is -0.313. The number of aromatic nitrogens is 4. The molecule has 0 saturated heterocycles. The van der Waals surface area contributed by atoms with E-state index in [2.05, 4.69) is 20.2 Å². The van der Waals surface area contributed by atoms with Gasteiger partial charge in [0.1, 0.15) is 5.82 Å². The average molecular weight is 486 g/mol. The number of nitrogens with one attached hydrogen (secondary N) is 3. The van der Waals surface area contributed by atoms with Gasteiger partial charge in [0.2, 0.25) is 10.0 Å². The normalized spacial score (nSPS) is 12.0. The van der Waals surface area contributed by atoms with Crippen LogP contribution in [0.5, 0.6) is 0 Å². The highest BCUT2D eigenvalue weighted by Gasteiger charge is 2.21. The summed E-state index contributed by atoms with van der Waals surface area (Å²) in [6.07, 6.45) is 3.02. The van der Waals surface area contributed by atoms with E-state index < -0.39 is 21.3 Å². The van der Waals surface area contributed by atoms with E-state index >= 15 is 0 Å². The van der Waals surface area contributed by atoms with Gasteiger partial charge in [-0.15, -0.1) is 0 Å². The van der Waals surface area contributed by atoms with Crippen LogP contribution in [0.4, 0.5) is 4.39 Å². The summed E-state index contributed by atoms with van der Waals surface area (Å²) in [4.78, 5) is 27.9. The van der Waals surface area contributed by atoms with Crippen molar-refractivity contribution in [1.29, 1.82) is 0 Å². The smallest absolute Gasteiger partial charge is 0.307 e. The minimum absolute atomic E-state index is 0.0117. The van der Waals surface area contributed by atoms with Crippen LogP contribution < -0.4 is 11.2 Å². The molecule has 0 radical (unpaired) electrons. The van der Waals surface area contributed by atoms with Gasteiger partial charge in [-0.1, -0.05) is 18.6 Å². The summed E-state index contributed by atoms with van der Waals surface area (Å²) in [6.45, 7) is 0.319. The lowest BCUT2D eigenvalue weighted by Gasteiger charge is -2.17. The van der Waals surface area contributed by atoms with E-state index in [1.807, 2.05) is 6.07 Å². The van der Waals surface area contributed by atoms with Crippen LogP contribution in [0.1, 0.15) is 25.0 Å². The van der Waals surface area contributed by atoms with Crippen LogP contribution in [0.2, 0.25) is 0 Å². The van der Waals surface area contributed by atoms with Crippen LogP contribution >= 0.6 is 0 Å². The average Bonchev–Trinajstić information content (AvgIpc) is 3.27. The van der Waals surface area contributed by atoms with Gasteiger partial charge in [0.25, 0.3) is 5.56 Å². The fourth-order valence-corrected chi connectivity index (χ4v) is 4.95. The van der Waals surface area contributed by atoms with E-state index in [9.17, 15) is 22.4 Å². The van der Waals surface area contributed by atoms with Crippen LogP contribution in [-0.2, 0) is 16.4 Å². The number of hydrogen-bond acceptors (Lipinski definition) is 5. The number of nitrogens with zero attached hydrogens (tertiary/aromatic N) is 2. The van der Waals surface area contributed by atoms with Gasteiger partial charge < -0.3 is 4.98 Å². The molecule has 34 heavy (non-hydrogen) atoms. The lowest BCUT2D eigenvalue weighted by molar-refractivity contribution is 0.452. The van der Waals surface area contributed by atoms with Crippen molar-refractivity contribution in [2.75, 3.05) is 13.6 Å². The minimum Gasteiger partial charge on any atom is -0.307 e. The number of unbranched alkanes of at least 4 members (excludes halogenated alkanes) is 2. The zero-order chi connectivity index (χ0) is 24.3. The molecule has 0 aliphatic heterocycles. The summed E-state index contributed by atoms with van der Waals surface area (Å²) < 4.78 is 40.5. The van der Waals surface area contributed by atoms with Gasteiger partial charge in [-0.25, -0.2) is 21.9 Å². The second-order valence-corrected chi connectivity index (χ2v) is 10.1. The minimum atomic E-state index is -3.79. The highest BCUT2D eigenvalue weighted by atomic mass is 32.2. The van der Waals surface area contributed by atoms with Crippen molar-refractivity contribution in [3.8, 4) is 11.3 Å². The fourth-order valence-electron chi connectivity index (χ4n) is 3.72. The molecule has 2 aromatic carbocycles. The third-order valence-electron chi connectivity index (χ3n) is 5.59. The lowest BCUT2D eigenvalue weighted by Crippen LogP contribution is -2.28. The Hall–Kier alpha value is -3.57. The van der Waals surface area contributed by atoms with Crippen molar-refractivity contribution in [2.45, 2.75) is 30.6 Å². The fraction of sp³-hybridized carbons (Fsp3) is 0.261. The van der Waals surface area contributed by atoms with E-state index in [4.69, 9.17) is 0 Å². The second-order valence-electron chi connectivity index (χ2n) is 8.04. The Morgan fingerprint density at radius 1 is 1.00 bits per heavy atom. The molecule has 3 N–H and O–H groups in total. The quantitative estimate of drug-likeness (QED) is 0.314. The Bertz CT molecular complexity index is 1540. The molecule has 0 amide bonds. The van der Waals surface area contributed by atoms with Gasteiger partial charge in [-0.3, -0.25) is 14.9 Å². The number of halogens is 1. The van der Waals surface area contributed by atoms with Crippen LogP contribution in [0.3, 0.4) is 0 Å². The number of fused-ring (bicyclic) bond motifs is 1. The predicted molar refractivity (Wildman–Crippen MR) is 127 cm³/mol. The van der Waals surface area contributed by atoms with Crippen LogP contribution in [0.15, 0.2) is 63.0 Å². The molecule has 2 heterocycles. The number of benzene rings is 2. The van der Waals surface area contributed by atoms with Crippen molar-refractivity contribution in [1.82, 2.24) is 24.5 Å².